The molecule has 29 heavy (non-hydrogen) atoms. The molecule has 0 spiro atoms. The highest BCUT2D eigenvalue weighted by molar-refractivity contribution is 6.05. The Morgan fingerprint density at radius 2 is 1.93 bits per heavy atom. The third kappa shape index (κ3) is 3.55. The van der Waals surface area contributed by atoms with E-state index >= 15 is 0 Å². The molecule has 0 aliphatic heterocycles. The molecule has 0 atom stereocenters. The predicted octanol–water partition coefficient (Wildman–Crippen LogP) is 5.10. The highest BCUT2D eigenvalue weighted by Gasteiger charge is 2.16. The molecule has 8 heteroatoms. The molecule has 0 saturated heterocycles. The molecule has 0 radical (unpaired) electrons. The fourth-order valence-electron chi connectivity index (χ4n) is 2.91. The molecular weight excluding hydrogens is 377 g/mol. The normalized spacial score (nSPS) is 10.8. The summed E-state index contributed by atoms with van der Waals surface area (Å²) in [6.07, 6.45) is 0. The molecule has 0 bridgehead atoms. The number of benzene rings is 3. The molecule has 1 heterocycles. The van der Waals surface area contributed by atoms with Crippen molar-refractivity contribution in [3.05, 3.63) is 87.7 Å². The van der Waals surface area contributed by atoms with Crippen molar-refractivity contribution in [2.75, 3.05) is 5.32 Å². The number of halogens is 1. The van der Waals surface area contributed by atoms with Crippen molar-refractivity contribution in [2.45, 2.75) is 6.92 Å². The van der Waals surface area contributed by atoms with Crippen LogP contribution < -0.4 is 5.32 Å². The van der Waals surface area contributed by atoms with Crippen LogP contribution in [0.3, 0.4) is 0 Å². The van der Waals surface area contributed by atoms with Crippen LogP contribution in [0, 0.1) is 22.9 Å². The number of nitro benzene ring substituents is 1. The van der Waals surface area contributed by atoms with Crippen molar-refractivity contribution >= 4 is 28.4 Å². The number of carbonyl (C=O) groups excluding carboxylic acids is 1. The van der Waals surface area contributed by atoms with Gasteiger partial charge in [-0.2, -0.15) is 0 Å². The summed E-state index contributed by atoms with van der Waals surface area (Å²) >= 11 is 0. The number of rotatable bonds is 4. The first-order valence-corrected chi connectivity index (χ1v) is 8.64. The molecule has 0 unspecified atom stereocenters. The predicted molar refractivity (Wildman–Crippen MR) is 105 cm³/mol. The molecule has 0 aliphatic rings. The Bertz CT molecular complexity index is 1270. The van der Waals surface area contributed by atoms with Gasteiger partial charge in [0.2, 0.25) is 5.89 Å². The Morgan fingerprint density at radius 1 is 1.14 bits per heavy atom. The van der Waals surface area contributed by atoms with Crippen molar-refractivity contribution in [1.82, 2.24) is 4.98 Å². The van der Waals surface area contributed by atoms with Gasteiger partial charge in [-0.3, -0.25) is 14.9 Å². The van der Waals surface area contributed by atoms with Gasteiger partial charge in [0.15, 0.2) is 5.58 Å². The summed E-state index contributed by atoms with van der Waals surface area (Å²) in [6.45, 7) is 1.60. The van der Waals surface area contributed by atoms with E-state index < -0.39 is 16.6 Å². The minimum Gasteiger partial charge on any atom is -0.436 e. The zero-order valence-corrected chi connectivity index (χ0v) is 15.2. The molecule has 3 aromatic carbocycles. The van der Waals surface area contributed by atoms with Crippen molar-refractivity contribution < 1.29 is 18.5 Å². The summed E-state index contributed by atoms with van der Waals surface area (Å²) in [5.41, 5.74) is 2.05. The third-order valence-corrected chi connectivity index (χ3v) is 4.42. The second-order valence-electron chi connectivity index (χ2n) is 6.39. The lowest BCUT2D eigenvalue weighted by Crippen LogP contribution is -2.12. The number of nitrogens with zero attached hydrogens (tertiary/aromatic N) is 2. The van der Waals surface area contributed by atoms with E-state index in [1.54, 1.807) is 43.3 Å². The maximum atomic E-state index is 14.0. The topological polar surface area (TPSA) is 98.3 Å². The fraction of sp³-hybridized carbons (Fsp3) is 0.0476. The second-order valence-corrected chi connectivity index (χ2v) is 6.39. The number of amides is 1. The first-order valence-electron chi connectivity index (χ1n) is 8.64. The summed E-state index contributed by atoms with van der Waals surface area (Å²) in [5.74, 6) is -0.811. The van der Waals surface area contributed by atoms with Crippen molar-refractivity contribution in [2.24, 2.45) is 0 Å². The van der Waals surface area contributed by atoms with E-state index in [4.69, 9.17) is 4.42 Å². The third-order valence-electron chi connectivity index (χ3n) is 4.42. The van der Waals surface area contributed by atoms with Crippen LogP contribution >= 0.6 is 0 Å². The average Bonchev–Trinajstić information content (AvgIpc) is 3.11. The fourth-order valence-corrected chi connectivity index (χ4v) is 2.91. The van der Waals surface area contributed by atoms with Crippen LogP contribution in [-0.2, 0) is 0 Å². The van der Waals surface area contributed by atoms with E-state index in [0.29, 0.717) is 22.4 Å². The van der Waals surface area contributed by atoms with Crippen LogP contribution in [0.25, 0.3) is 22.6 Å². The molecule has 1 aromatic heterocycles. The van der Waals surface area contributed by atoms with E-state index in [1.807, 2.05) is 0 Å². The molecule has 0 fully saturated rings. The highest BCUT2D eigenvalue weighted by atomic mass is 19.1. The maximum Gasteiger partial charge on any atom is 0.273 e. The molecule has 7 nitrogen and oxygen atoms in total. The Labute approximate surface area is 164 Å². The van der Waals surface area contributed by atoms with Crippen LogP contribution in [0.15, 0.2) is 65.1 Å². The molecule has 144 valence electrons. The largest absolute Gasteiger partial charge is 0.436 e. The Kier molecular flexibility index (Phi) is 4.52. The zero-order chi connectivity index (χ0) is 20.5. The molecular formula is C21H14FN3O4. The van der Waals surface area contributed by atoms with Crippen molar-refractivity contribution in [1.29, 1.82) is 0 Å². The van der Waals surface area contributed by atoms with Gasteiger partial charge in [-0.15, -0.1) is 0 Å². The molecule has 4 aromatic rings. The van der Waals surface area contributed by atoms with Crippen LogP contribution in [0.2, 0.25) is 0 Å². The number of hydrogen-bond donors (Lipinski definition) is 1. The van der Waals surface area contributed by atoms with Gasteiger partial charge in [-0.25, -0.2) is 9.37 Å². The Hall–Kier alpha value is -4.07. The monoisotopic (exact) mass is 391 g/mol. The lowest BCUT2D eigenvalue weighted by atomic mass is 10.1. The number of anilines is 1. The maximum absolute atomic E-state index is 14.0. The molecule has 4 rings (SSSR count). The summed E-state index contributed by atoms with van der Waals surface area (Å²) in [4.78, 5) is 27.3. The van der Waals surface area contributed by atoms with E-state index in [1.165, 1.54) is 24.3 Å². The first kappa shape index (κ1) is 18.3. The van der Waals surface area contributed by atoms with E-state index in [2.05, 4.69) is 10.3 Å². The smallest absolute Gasteiger partial charge is 0.273 e. The number of hydrogen-bond acceptors (Lipinski definition) is 5. The summed E-state index contributed by atoms with van der Waals surface area (Å²) < 4.78 is 19.6. The molecule has 1 amide bonds. The van der Waals surface area contributed by atoms with Gasteiger partial charge in [0.05, 0.1) is 10.5 Å². The van der Waals surface area contributed by atoms with Gasteiger partial charge in [0.25, 0.3) is 11.6 Å². The second kappa shape index (κ2) is 7.16. The van der Waals surface area contributed by atoms with Crippen LogP contribution in [0.5, 0.6) is 0 Å². The first-order chi connectivity index (χ1) is 13.9. The number of nitro groups is 1. The summed E-state index contributed by atoms with van der Waals surface area (Å²) in [5, 5.41) is 13.8. The van der Waals surface area contributed by atoms with Crippen molar-refractivity contribution in [3.8, 4) is 11.5 Å². The summed E-state index contributed by atoms with van der Waals surface area (Å²) in [6, 6.07) is 15.2. The number of aryl methyl sites for hydroxylation is 1. The van der Waals surface area contributed by atoms with E-state index in [0.717, 1.165) is 0 Å². The molecule has 1 N–H and O–H groups in total. The lowest BCUT2D eigenvalue weighted by Gasteiger charge is -2.06. The lowest BCUT2D eigenvalue weighted by molar-refractivity contribution is -0.385. The number of carbonyl (C=O) groups is 1. The number of oxazole rings is 1. The van der Waals surface area contributed by atoms with E-state index in [9.17, 15) is 19.3 Å². The van der Waals surface area contributed by atoms with Gasteiger partial charge in [0.1, 0.15) is 11.3 Å². The van der Waals surface area contributed by atoms with Crippen LogP contribution in [0.4, 0.5) is 15.8 Å². The Morgan fingerprint density at radius 3 is 2.69 bits per heavy atom. The average molecular weight is 391 g/mol. The van der Waals surface area contributed by atoms with Gasteiger partial charge in [-0.1, -0.05) is 18.2 Å². The van der Waals surface area contributed by atoms with Gasteiger partial charge >= 0.3 is 0 Å². The number of nitrogens with one attached hydrogen (secondary N) is 1. The number of aromatic nitrogens is 1. The van der Waals surface area contributed by atoms with Crippen LogP contribution in [0.1, 0.15) is 15.9 Å². The van der Waals surface area contributed by atoms with E-state index in [-0.39, 0.29) is 22.7 Å². The minimum absolute atomic E-state index is 0.126. The quantitative estimate of drug-likeness (QED) is 0.385. The number of fused-ring (bicyclic) bond motifs is 1. The highest BCUT2D eigenvalue weighted by Crippen LogP contribution is 2.28. The minimum atomic E-state index is -0.530. The summed E-state index contributed by atoms with van der Waals surface area (Å²) in [7, 11) is 0. The Balaban J connectivity index is 1.62. The standard InChI is InChI=1S/C21H14FN3O4/c1-12-6-7-13(10-18(12)25(27)28)20(26)23-14-8-9-19-17(11-14)24-21(29-19)15-4-2-3-5-16(15)22/h2-11H,1H3,(H,23,26). The zero-order valence-electron chi connectivity index (χ0n) is 15.2. The molecule has 0 saturated carbocycles. The SMILES string of the molecule is Cc1ccc(C(=O)Nc2ccc3oc(-c4ccccc4F)nc3c2)cc1[N+](=O)[O-]. The molecule has 0 aliphatic carbocycles. The van der Waals surface area contributed by atoms with Gasteiger partial charge < -0.3 is 9.73 Å². The van der Waals surface area contributed by atoms with Crippen LogP contribution in [-0.4, -0.2) is 15.8 Å². The van der Waals surface area contributed by atoms with Crippen molar-refractivity contribution in [3.63, 3.8) is 0 Å². The van der Waals surface area contributed by atoms with Gasteiger partial charge in [0, 0.05) is 22.9 Å². The van der Waals surface area contributed by atoms with Gasteiger partial charge in [-0.05, 0) is 43.3 Å².